The molecule has 1 saturated carbocycles. The van der Waals surface area contributed by atoms with Gasteiger partial charge in [-0.3, -0.25) is 19.3 Å². The Morgan fingerprint density at radius 3 is 2.12 bits per heavy atom. The lowest BCUT2D eigenvalue weighted by molar-refractivity contribution is -0.140. The van der Waals surface area contributed by atoms with Crippen molar-refractivity contribution in [3.8, 4) is 22.5 Å². The van der Waals surface area contributed by atoms with E-state index in [1.54, 1.807) is 57.2 Å². The van der Waals surface area contributed by atoms with Gasteiger partial charge in [0, 0.05) is 48.8 Å². The molecule has 2 heterocycles. The molecule has 5 rings (SSSR count). The number of nitrogens with one attached hydrogen (secondary N) is 3. The number of anilines is 1. The largest absolute Gasteiger partial charge is 0.444 e. The molecule has 1 aliphatic carbocycles. The Bertz CT molecular complexity index is 2060. The Balaban J connectivity index is 1.36. The molecule has 0 radical (unpaired) electrons. The molecular formula is C42H53F3N10O5. The first-order valence-corrected chi connectivity index (χ1v) is 20.1. The van der Waals surface area contributed by atoms with E-state index >= 15 is 0 Å². The van der Waals surface area contributed by atoms with Gasteiger partial charge in [-0.1, -0.05) is 38.1 Å². The Hall–Kier alpha value is -5.91. The summed E-state index contributed by atoms with van der Waals surface area (Å²) in [6.07, 6.45) is -3.11. The number of carbonyl (C=O) groups excluding carboxylic acids is 4. The summed E-state index contributed by atoms with van der Waals surface area (Å²) >= 11 is 0. The van der Waals surface area contributed by atoms with Crippen molar-refractivity contribution in [1.29, 1.82) is 0 Å². The Labute approximate surface area is 347 Å². The number of ether oxygens (including phenoxy) is 1. The van der Waals surface area contributed by atoms with Crippen molar-refractivity contribution in [3.63, 3.8) is 0 Å². The van der Waals surface area contributed by atoms with Crippen LogP contribution in [0.3, 0.4) is 0 Å². The molecule has 5 N–H and O–H groups in total. The summed E-state index contributed by atoms with van der Waals surface area (Å²) in [5.74, 6) is -1.79. The zero-order valence-corrected chi connectivity index (χ0v) is 34.5. The predicted octanol–water partition coefficient (Wildman–Crippen LogP) is 5.78. The minimum atomic E-state index is -4.86. The van der Waals surface area contributed by atoms with E-state index in [0.29, 0.717) is 61.4 Å². The number of benzene rings is 2. The van der Waals surface area contributed by atoms with E-state index in [1.807, 2.05) is 13.8 Å². The predicted molar refractivity (Wildman–Crippen MR) is 218 cm³/mol. The molecule has 15 nitrogen and oxygen atoms in total. The van der Waals surface area contributed by atoms with Gasteiger partial charge in [-0.25, -0.2) is 9.78 Å². The molecule has 1 aliphatic rings. The lowest BCUT2D eigenvalue weighted by Gasteiger charge is -2.36. The first-order valence-electron chi connectivity index (χ1n) is 20.1. The van der Waals surface area contributed by atoms with Gasteiger partial charge in [-0.15, -0.1) is 10.2 Å². The van der Waals surface area contributed by atoms with E-state index in [2.05, 4.69) is 41.1 Å². The van der Waals surface area contributed by atoms with Crippen LogP contribution in [0.1, 0.15) is 82.0 Å². The van der Waals surface area contributed by atoms with Crippen LogP contribution in [0.25, 0.3) is 22.5 Å². The van der Waals surface area contributed by atoms with Crippen LogP contribution in [0.2, 0.25) is 0 Å². The van der Waals surface area contributed by atoms with Crippen molar-refractivity contribution in [1.82, 2.24) is 41.1 Å². The summed E-state index contributed by atoms with van der Waals surface area (Å²) in [5.41, 5.74) is 5.34. The third-order valence-electron chi connectivity index (χ3n) is 10.5. The molecule has 0 spiro atoms. The van der Waals surface area contributed by atoms with Gasteiger partial charge in [0.25, 0.3) is 5.91 Å². The number of nitrogens with two attached hydrogens (primary N) is 1. The average Bonchev–Trinajstić information content (AvgIpc) is 3.76. The van der Waals surface area contributed by atoms with Crippen LogP contribution < -0.4 is 21.3 Å². The fourth-order valence-electron chi connectivity index (χ4n) is 7.22. The highest BCUT2D eigenvalue weighted by atomic mass is 19.4. The molecule has 0 unspecified atom stereocenters. The molecule has 0 aliphatic heterocycles. The highest BCUT2D eigenvalue weighted by Gasteiger charge is 2.38. The second-order valence-corrected chi connectivity index (χ2v) is 15.8. The number of amides is 4. The lowest BCUT2D eigenvalue weighted by Crippen LogP contribution is -2.52. The Morgan fingerprint density at radius 1 is 0.900 bits per heavy atom. The number of H-pyrrole nitrogens is 1. The van der Waals surface area contributed by atoms with Crippen molar-refractivity contribution < 1.29 is 37.1 Å². The average molecular weight is 835 g/mol. The number of aromatic amines is 1. The maximum atomic E-state index is 14.5. The van der Waals surface area contributed by atoms with Crippen LogP contribution >= 0.6 is 0 Å². The van der Waals surface area contributed by atoms with Crippen molar-refractivity contribution in [2.75, 3.05) is 37.6 Å². The van der Waals surface area contributed by atoms with E-state index in [0.717, 1.165) is 13.1 Å². The molecule has 0 saturated heterocycles. The molecule has 18 heteroatoms. The minimum absolute atomic E-state index is 0.0416. The number of primary amides is 1. The number of hydrogen-bond acceptors (Lipinski definition) is 10. The number of rotatable bonds is 16. The van der Waals surface area contributed by atoms with E-state index in [-0.39, 0.29) is 41.6 Å². The van der Waals surface area contributed by atoms with E-state index < -0.39 is 47.3 Å². The number of tetrazole rings is 1. The number of likely N-dealkylation sites (N-methyl/N-ethyl adjacent to an activating group) is 1. The standard InChI is InChI=1S/C42H53F3N10O5/c1-6-54(7-2)23-22-47-38(57)33-21-20-32(35(49-33)42(43,44)45)28-12-8-26(9-13-28)24-34(36(46)56)55(31-18-16-29(17-19-31)37-50-52-53-51-37)39(58)30-14-10-27(11-15-30)25-48-40(59)60-41(3,4)5/h8-9,12-13,16-21,27,30,34H,6-7,10-11,14-15,22-25H2,1-5H3,(H2,46,56)(H,47,57)(H,48,59)(H,50,51,52,53)/t27?,30?,34-/m0/s1. The van der Waals surface area contributed by atoms with E-state index in [9.17, 15) is 32.3 Å². The smallest absolute Gasteiger partial charge is 0.433 e. The third-order valence-corrected chi connectivity index (χ3v) is 10.5. The number of carbonyl (C=O) groups is 4. The molecular weight excluding hydrogens is 782 g/mol. The first-order chi connectivity index (χ1) is 28.5. The minimum Gasteiger partial charge on any atom is -0.444 e. The van der Waals surface area contributed by atoms with Crippen LogP contribution in [0.15, 0.2) is 60.7 Å². The molecule has 2 aromatic carbocycles. The summed E-state index contributed by atoms with van der Waals surface area (Å²) in [6.45, 7) is 12.0. The van der Waals surface area contributed by atoms with Crippen molar-refractivity contribution in [2.45, 2.75) is 84.5 Å². The number of nitrogens with zero attached hydrogens (tertiary/aromatic N) is 6. The molecule has 4 amide bonds. The first kappa shape index (κ1) is 45.2. The zero-order chi connectivity index (χ0) is 43.6. The van der Waals surface area contributed by atoms with E-state index in [1.165, 1.54) is 29.2 Å². The topological polar surface area (TPSA) is 201 Å². The van der Waals surface area contributed by atoms with Gasteiger partial charge in [0.05, 0.1) is 0 Å². The van der Waals surface area contributed by atoms with Crippen molar-refractivity contribution in [2.24, 2.45) is 17.6 Å². The number of hydrogen-bond donors (Lipinski definition) is 4. The summed E-state index contributed by atoms with van der Waals surface area (Å²) in [5, 5.41) is 19.4. The second-order valence-electron chi connectivity index (χ2n) is 15.8. The fourth-order valence-corrected chi connectivity index (χ4v) is 7.22. The Kier molecular flexibility index (Phi) is 15.0. The van der Waals surface area contributed by atoms with Gasteiger partial charge in [0.1, 0.15) is 17.3 Å². The molecule has 4 aromatic rings. The van der Waals surface area contributed by atoms with Gasteiger partial charge in [-0.05, 0) is 118 Å². The van der Waals surface area contributed by atoms with Gasteiger partial charge in [0.2, 0.25) is 17.6 Å². The third kappa shape index (κ3) is 12.1. The number of alkyl halides is 3. The molecule has 60 heavy (non-hydrogen) atoms. The molecule has 322 valence electrons. The zero-order valence-electron chi connectivity index (χ0n) is 34.5. The summed E-state index contributed by atoms with van der Waals surface area (Å²) in [7, 11) is 0. The summed E-state index contributed by atoms with van der Waals surface area (Å²) in [4.78, 5) is 60.0. The number of halogens is 3. The van der Waals surface area contributed by atoms with Gasteiger partial charge < -0.3 is 26.0 Å². The molecule has 2 aromatic heterocycles. The molecule has 1 fully saturated rings. The second kappa shape index (κ2) is 19.9. The van der Waals surface area contributed by atoms with Crippen LogP contribution in [-0.2, 0) is 26.9 Å². The van der Waals surface area contributed by atoms with Crippen molar-refractivity contribution in [3.05, 3.63) is 77.6 Å². The maximum Gasteiger partial charge on any atom is 0.433 e. The van der Waals surface area contributed by atoms with Crippen LogP contribution in [0.5, 0.6) is 0 Å². The van der Waals surface area contributed by atoms with Gasteiger partial charge in [-0.2, -0.15) is 18.4 Å². The summed E-state index contributed by atoms with van der Waals surface area (Å²) < 4.78 is 48.5. The van der Waals surface area contributed by atoms with Gasteiger partial charge >= 0.3 is 12.3 Å². The maximum absolute atomic E-state index is 14.5. The Morgan fingerprint density at radius 2 is 1.55 bits per heavy atom. The van der Waals surface area contributed by atoms with Crippen LogP contribution in [-0.4, -0.2) is 98.7 Å². The van der Waals surface area contributed by atoms with Crippen LogP contribution in [0.4, 0.5) is 23.7 Å². The number of pyridine rings is 1. The molecule has 1 atom stereocenters. The summed E-state index contributed by atoms with van der Waals surface area (Å²) in [6, 6.07) is 14.1. The van der Waals surface area contributed by atoms with Gasteiger partial charge in [0.15, 0.2) is 5.69 Å². The highest BCUT2D eigenvalue weighted by Crippen LogP contribution is 2.37. The van der Waals surface area contributed by atoms with E-state index in [4.69, 9.17) is 10.5 Å². The SMILES string of the molecule is CCN(CC)CCNC(=O)c1ccc(-c2ccc(C[C@@H](C(N)=O)N(C(=O)C3CCC(CNC(=O)OC(C)(C)C)CC3)c3ccc(-c4nn[nH]n4)cc3)cc2)c(C(F)(F)F)n1. The quantitative estimate of drug-likeness (QED) is 0.107. The highest BCUT2D eigenvalue weighted by molar-refractivity contribution is 6.02. The van der Waals surface area contributed by atoms with Crippen molar-refractivity contribution >= 4 is 29.5 Å². The van der Waals surface area contributed by atoms with Crippen LogP contribution in [0, 0.1) is 11.8 Å². The molecule has 0 bridgehead atoms. The lowest BCUT2D eigenvalue weighted by atomic mass is 9.81. The normalized spacial score (nSPS) is 16.2. The fraction of sp³-hybridized carbons (Fsp3) is 0.476. The number of aromatic nitrogens is 5. The number of alkyl carbamates (subject to hydrolysis) is 1. The monoisotopic (exact) mass is 834 g/mol.